The molecule has 0 spiro atoms. The van der Waals surface area contributed by atoms with E-state index in [1.165, 1.54) is 0 Å². The molecule has 1 aliphatic rings. The molecule has 1 aliphatic heterocycles. The number of carbonyl (C=O) groups is 1. The van der Waals surface area contributed by atoms with Gasteiger partial charge in [0.2, 0.25) is 5.91 Å². The van der Waals surface area contributed by atoms with E-state index >= 15 is 0 Å². The van der Waals surface area contributed by atoms with Gasteiger partial charge in [0.1, 0.15) is 11.8 Å². The Morgan fingerprint density at radius 1 is 1.53 bits per heavy atom. The van der Waals surface area contributed by atoms with Crippen molar-refractivity contribution in [1.82, 2.24) is 5.32 Å². The highest BCUT2D eigenvalue weighted by molar-refractivity contribution is 5.87. The summed E-state index contributed by atoms with van der Waals surface area (Å²) in [5.74, 6) is 0.749. The Morgan fingerprint density at radius 3 is 2.89 bits per heavy atom. The minimum absolute atomic E-state index is 0.0263. The summed E-state index contributed by atoms with van der Waals surface area (Å²) in [4.78, 5) is 14.2. The van der Waals surface area contributed by atoms with Gasteiger partial charge in [-0.3, -0.25) is 4.79 Å². The number of nitrogens with one attached hydrogen (secondary N) is 1. The van der Waals surface area contributed by atoms with Gasteiger partial charge in [0.25, 0.3) is 0 Å². The number of nitrogens with zero attached hydrogens (tertiary/aromatic N) is 1. The Labute approximate surface area is 113 Å². The van der Waals surface area contributed by atoms with Crippen LogP contribution in [0.25, 0.3) is 0 Å². The summed E-state index contributed by atoms with van der Waals surface area (Å²) in [7, 11) is 1.63. The third-order valence-electron chi connectivity index (χ3n) is 3.31. The van der Waals surface area contributed by atoms with Gasteiger partial charge >= 0.3 is 0 Å². The smallest absolute Gasteiger partial charge is 0.244 e. The van der Waals surface area contributed by atoms with Crippen LogP contribution in [0.2, 0.25) is 0 Å². The quantitative estimate of drug-likeness (QED) is 0.844. The van der Waals surface area contributed by atoms with Crippen LogP contribution in [0.15, 0.2) is 24.3 Å². The second kappa shape index (κ2) is 5.09. The second-order valence-electron chi connectivity index (χ2n) is 5.45. The van der Waals surface area contributed by atoms with E-state index in [0.717, 1.165) is 11.4 Å². The maximum Gasteiger partial charge on any atom is 0.244 e. The zero-order valence-corrected chi connectivity index (χ0v) is 11.6. The van der Waals surface area contributed by atoms with Crippen LogP contribution in [0.3, 0.4) is 0 Å². The number of benzene rings is 1. The van der Waals surface area contributed by atoms with E-state index in [1.54, 1.807) is 7.11 Å². The fourth-order valence-electron chi connectivity index (χ4n) is 2.43. The Bertz CT molecular complexity index is 474. The van der Waals surface area contributed by atoms with Gasteiger partial charge in [0, 0.05) is 24.8 Å². The predicted octanol–water partition coefficient (Wildman–Crippen LogP) is 0.737. The molecule has 3 N–H and O–H groups in total. The van der Waals surface area contributed by atoms with Gasteiger partial charge in [-0.2, -0.15) is 0 Å². The third-order valence-corrected chi connectivity index (χ3v) is 3.31. The van der Waals surface area contributed by atoms with Crippen molar-refractivity contribution in [3.63, 3.8) is 0 Å². The number of piperazine rings is 1. The number of rotatable bonds is 3. The number of nitrogens with two attached hydrogens (primary N) is 1. The largest absolute Gasteiger partial charge is 0.497 e. The minimum atomic E-state index is -0.333. The first-order valence-electron chi connectivity index (χ1n) is 6.39. The molecule has 0 saturated carbocycles. The van der Waals surface area contributed by atoms with E-state index in [2.05, 4.69) is 5.32 Å². The van der Waals surface area contributed by atoms with Crippen molar-refractivity contribution in [1.29, 1.82) is 0 Å². The molecule has 1 unspecified atom stereocenters. The van der Waals surface area contributed by atoms with Gasteiger partial charge in [-0.1, -0.05) is 6.07 Å². The van der Waals surface area contributed by atoms with E-state index in [0.29, 0.717) is 13.1 Å². The fraction of sp³-hybridized carbons (Fsp3) is 0.500. The zero-order chi connectivity index (χ0) is 14.0. The standard InChI is InChI=1S/C14H21N3O2/c1-14(2)9-17(12(8-15)13(18)16-14)10-5-4-6-11(7-10)19-3/h4-7,12H,8-9,15H2,1-3H3,(H,16,18). The number of hydrogen-bond acceptors (Lipinski definition) is 4. The van der Waals surface area contributed by atoms with Gasteiger partial charge in [-0.15, -0.1) is 0 Å². The first-order chi connectivity index (χ1) is 8.96. The summed E-state index contributed by atoms with van der Waals surface area (Å²) in [6.45, 7) is 5.02. The Balaban J connectivity index is 2.35. The lowest BCUT2D eigenvalue weighted by molar-refractivity contribution is -0.125. The zero-order valence-electron chi connectivity index (χ0n) is 11.6. The van der Waals surface area contributed by atoms with Gasteiger partial charge in [0.15, 0.2) is 0 Å². The second-order valence-corrected chi connectivity index (χ2v) is 5.45. The van der Waals surface area contributed by atoms with Crippen molar-refractivity contribution in [2.75, 3.05) is 25.1 Å². The van der Waals surface area contributed by atoms with Crippen molar-refractivity contribution in [2.24, 2.45) is 5.73 Å². The number of amides is 1. The van der Waals surface area contributed by atoms with Crippen molar-refractivity contribution in [2.45, 2.75) is 25.4 Å². The predicted molar refractivity (Wildman–Crippen MR) is 75.4 cm³/mol. The lowest BCUT2D eigenvalue weighted by Gasteiger charge is -2.44. The average molecular weight is 263 g/mol. The lowest BCUT2D eigenvalue weighted by Crippen LogP contribution is -2.66. The Morgan fingerprint density at radius 2 is 2.26 bits per heavy atom. The summed E-state index contributed by atoms with van der Waals surface area (Å²) in [5, 5.41) is 2.99. The highest BCUT2D eigenvalue weighted by Crippen LogP contribution is 2.26. The molecule has 0 radical (unpaired) electrons. The summed E-state index contributed by atoms with van der Waals surface area (Å²) in [6.07, 6.45) is 0. The van der Waals surface area contributed by atoms with Crippen molar-refractivity contribution in [3.05, 3.63) is 24.3 Å². The monoisotopic (exact) mass is 263 g/mol. The number of carbonyl (C=O) groups excluding carboxylic acids is 1. The van der Waals surface area contributed by atoms with Crippen LogP contribution in [0.5, 0.6) is 5.75 Å². The minimum Gasteiger partial charge on any atom is -0.497 e. The number of methoxy groups -OCH3 is 1. The SMILES string of the molecule is COc1cccc(N2CC(C)(C)NC(=O)C2CN)c1. The van der Waals surface area contributed by atoms with Crippen LogP contribution >= 0.6 is 0 Å². The first-order valence-corrected chi connectivity index (χ1v) is 6.39. The molecule has 19 heavy (non-hydrogen) atoms. The molecule has 5 nitrogen and oxygen atoms in total. The number of ether oxygens (including phenoxy) is 1. The van der Waals surface area contributed by atoms with Crippen LogP contribution in [-0.2, 0) is 4.79 Å². The molecule has 104 valence electrons. The number of anilines is 1. The molecular weight excluding hydrogens is 242 g/mol. The highest BCUT2D eigenvalue weighted by atomic mass is 16.5. The summed E-state index contributed by atoms with van der Waals surface area (Å²) in [5.41, 5.74) is 6.43. The Hall–Kier alpha value is -1.75. The molecule has 1 amide bonds. The van der Waals surface area contributed by atoms with Gasteiger partial charge < -0.3 is 20.7 Å². The molecule has 1 aromatic carbocycles. The van der Waals surface area contributed by atoms with Crippen LogP contribution in [0.4, 0.5) is 5.69 Å². The van der Waals surface area contributed by atoms with Crippen molar-refractivity contribution < 1.29 is 9.53 Å². The van der Waals surface area contributed by atoms with Gasteiger partial charge in [-0.25, -0.2) is 0 Å². The third kappa shape index (κ3) is 2.81. The van der Waals surface area contributed by atoms with Crippen molar-refractivity contribution >= 4 is 11.6 Å². The maximum absolute atomic E-state index is 12.1. The Kier molecular flexibility index (Phi) is 3.66. The molecule has 0 aliphatic carbocycles. The van der Waals surface area contributed by atoms with E-state index in [9.17, 15) is 4.79 Å². The molecule has 1 saturated heterocycles. The summed E-state index contributed by atoms with van der Waals surface area (Å²) < 4.78 is 5.23. The van der Waals surface area contributed by atoms with E-state index in [4.69, 9.17) is 10.5 Å². The average Bonchev–Trinajstić information content (AvgIpc) is 2.37. The first kappa shape index (κ1) is 13.7. The lowest BCUT2D eigenvalue weighted by atomic mass is 9.97. The molecule has 5 heteroatoms. The van der Waals surface area contributed by atoms with Crippen LogP contribution in [-0.4, -0.2) is 37.7 Å². The van der Waals surface area contributed by atoms with Crippen LogP contribution in [0.1, 0.15) is 13.8 Å². The number of hydrogen-bond donors (Lipinski definition) is 2. The molecule has 0 aromatic heterocycles. The van der Waals surface area contributed by atoms with E-state index in [-0.39, 0.29) is 17.5 Å². The summed E-state index contributed by atoms with van der Waals surface area (Å²) >= 11 is 0. The molecule has 0 bridgehead atoms. The highest BCUT2D eigenvalue weighted by Gasteiger charge is 2.37. The maximum atomic E-state index is 12.1. The molecule has 1 heterocycles. The van der Waals surface area contributed by atoms with Crippen molar-refractivity contribution in [3.8, 4) is 5.75 Å². The summed E-state index contributed by atoms with van der Waals surface area (Å²) in [6, 6.07) is 7.37. The normalized spacial score (nSPS) is 22.0. The van der Waals surface area contributed by atoms with E-state index < -0.39 is 0 Å². The van der Waals surface area contributed by atoms with Crippen LogP contribution in [0, 0.1) is 0 Å². The fourth-order valence-corrected chi connectivity index (χ4v) is 2.43. The molecule has 1 fully saturated rings. The van der Waals surface area contributed by atoms with Gasteiger partial charge in [-0.05, 0) is 26.0 Å². The molecule has 2 rings (SSSR count). The van der Waals surface area contributed by atoms with Gasteiger partial charge in [0.05, 0.1) is 12.6 Å². The molecule has 1 aromatic rings. The van der Waals surface area contributed by atoms with Crippen LogP contribution < -0.4 is 20.7 Å². The van der Waals surface area contributed by atoms with E-state index in [1.807, 2.05) is 43.0 Å². The topological polar surface area (TPSA) is 67.6 Å². The molecule has 1 atom stereocenters. The molecular formula is C14H21N3O2.